The molecular weight excluding hydrogens is 222 g/mol. The zero-order valence-electron chi connectivity index (χ0n) is 9.15. The fourth-order valence-electron chi connectivity index (χ4n) is 1.77. The van der Waals surface area contributed by atoms with E-state index in [-0.39, 0.29) is 0 Å². The highest BCUT2D eigenvalue weighted by atomic mass is 32.2. The van der Waals surface area contributed by atoms with E-state index in [4.69, 9.17) is 11.5 Å². The number of anilines is 2. The molecular formula is C10H17N5S. The van der Waals surface area contributed by atoms with E-state index in [1.807, 2.05) is 0 Å². The molecule has 0 amide bonds. The van der Waals surface area contributed by atoms with Crippen LogP contribution in [0.1, 0.15) is 19.3 Å². The third-order valence-electron chi connectivity index (χ3n) is 2.57. The molecule has 0 bridgehead atoms. The van der Waals surface area contributed by atoms with Crippen LogP contribution in [0.4, 0.5) is 11.6 Å². The molecule has 88 valence electrons. The van der Waals surface area contributed by atoms with Crippen LogP contribution in [0, 0.1) is 0 Å². The van der Waals surface area contributed by atoms with Gasteiger partial charge in [-0.3, -0.25) is 0 Å². The zero-order chi connectivity index (χ0) is 11.4. The molecule has 0 spiro atoms. The first kappa shape index (κ1) is 11.5. The van der Waals surface area contributed by atoms with E-state index in [0.29, 0.717) is 22.8 Å². The van der Waals surface area contributed by atoms with Gasteiger partial charge in [0.15, 0.2) is 5.16 Å². The summed E-state index contributed by atoms with van der Waals surface area (Å²) in [6.45, 7) is 1.12. The van der Waals surface area contributed by atoms with Gasteiger partial charge in [-0.25, -0.2) is 9.97 Å². The van der Waals surface area contributed by atoms with Crippen molar-refractivity contribution in [1.29, 1.82) is 0 Å². The Balaban J connectivity index is 1.88. The van der Waals surface area contributed by atoms with Crippen molar-refractivity contribution in [3.63, 3.8) is 0 Å². The Bertz CT molecular complexity index is 331. The summed E-state index contributed by atoms with van der Waals surface area (Å²) in [6.07, 6.45) is 3.81. The molecule has 2 rings (SSSR count). The second kappa shape index (κ2) is 5.36. The van der Waals surface area contributed by atoms with Crippen molar-refractivity contribution in [3.05, 3.63) is 6.07 Å². The first-order chi connectivity index (χ1) is 7.74. The molecule has 6 heteroatoms. The van der Waals surface area contributed by atoms with Crippen LogP contribution >= 0.6 is 11.8 Å². The topological polar surface area (TPSA) is 89.9 Å². The van der Waals surface area contributed by atoms with Crippen molar-refractivity contribution >= 4 is 23.4 Å². The fourth-order valence-corrected chi connectivity index (χ4v) is 2.74. The molecule has 1 saturated heterocycles. The van der Waals surface area contributed by atoms with Gasteiger partial charge in [0.05, 0.1) is 0 Å². The first-order valence-corrected chi connectivity index (χ1v) is 6.49. The molecule has 2 heterocycles. The number of nitrogen functional groups attached to an aromatic ring is 2. The van der Waals surface area contributed by atoms with E-state index in [9.17, 15) is 0 Å². The van der Waals surface area contributed by atoms with Gasteiger partial charge >= 0.3 is 0 Å². The van der Waals surface area contributed by atoms with E-state index in [0.717, 1.165) is 12.3 Å². The summed E-state index contributed by atoms with van der Waals surface area (Å²) in [4.78, 5) is 8.28. The van der Waals surface area contributed by atoms with Crippen LogP contribution in [0.3, 0.4) is 0 Å². The highest BCUT2D eigenvalue weighted by Crippen LogP contribution is 2.19. The number of piperidine rings is 1. The average Bonchev–Trinajstić information content (AvgIpc) is 2.27. The van der Waals surface area contributed by atoms with Gasteiger partial charge in [-0.2, -0.15) is 0 Å². The second-order valence-electron chi connectivity index (χ2n) is 3.96. The predicted molar refractivity (Wildman–Crippen MR) is 67.2 cm³/mol. The predicted octanol–water partition coefficient (Wildman–Crippen LogP) is 0.875. The number of thioether (sulfide) groups is 1. The molecule has 1 aliphatic rings. The van der Waals surface area contributed by atoms with E-state index in [1.54, 1.807) is 17.8 Å². The molecule has 0 saturated carbocycles. The average molecular weight is 239 g/mol. The lowest BCUT2D eigenvalue weighted by molar-refractivity contribution is 0.429. The molecule has 1 fully saturated rings. The lowest BCUT2D eigenvalue weighted by Gasteiger charge is -2.22. The largest absolute Gasteiger partial charge is 0.383 e. The Morgan fingerprint density at radius 1 is 1.31 bits per heavy atom. The highest BCUT2D eigenvalue weighted by Gasteiger charge is 2.13. The molecule has 1 aromatic rings. The molecule has 1 atom stereocenters. The van der Waals surface area contributed by atoms with Gasteiger partial charge in [0.1, 0.15) is 11.6 Å². The summed E-state index contributed by atoms with van der Waals surface area (Å²) >= 11 is 1.61. The Hall–Kier alpha value is -1.01. The van der Waals surface area contributed by atoms with Crippen molar-refractivity contribution in [1.82, 2.24) is 15.3 Å². The highest BCUT2D eigenvalue weighted by molar-refractivity contribution is 7.99. The number of nitrogens with zero attached hydrogens (tertiary/aromatic N) is 2. The van der Waals surface area contributed by atoms with Gasteiger partial charge in [0.25, 0.3) is 0 Å². The van der Waals surface area contributed by atoms with Crippen molar-refractivity contribution in [3.8, 4) is 0 Å². The van der Waals surface area contributed by atoms with Crippen LogP contribution in [-0.2, 0) is 0 Å². The van der Waals surface area contributed by atoms with Crippen molar-refractivity contribution in [2.75, 3.05) is 23.8 Å². The number of aromatic nitrogens is 2. The summed E-state index contributed by atoms with van der Waals surface area (Å²) in [6, 6.07) is 2.13. The van der Waals surface area contributed by atoms with E-state index in [2.05, 4.69) is 15.3 Å². The Kier molecular flexibility index (Phi) is 3.84. The smallest absolute Gasteiger partial charge is 0.191 e. The lowest BCUT2D eigenvalue weighted by atomic mass is 10.1. The van der Waals surface area contributed by atoms with Crippen LogP contribution < -0.4 is 16.8 Å². The molecule has 5 nitrogen and oxygen atoms in total. The van der Waals surface area contributed by atoms with Crippen LogP contribution in [0.15, 0.2) is 11.2 Å². The maximum absolute atomic E-state index is 5.61. The summed E-state index contributed by atoms with van der Waals surface area (Å²) in [5, 5.41) is 4.15. The molecule has 1 aliphatic heterocycles. The lowest BCUT2D eigenvalue weighted by Crippen LogP contribution is -2.35. The molecule has 0 radical (unpaired) electrons. The van der Waals surface area contributed by atoms with Gasteiger partial charge in [0, 0.05) is 17.9 Å². The molecule has 0 aromatic carbocycles. The van der Waals surface area contributed by atoms with E-state index in [1.165, 1.54) is 19.3 Å². The van der Waals surface area contributed by atoms with Gasteiger partial charge in [-0.05, 0) is 19.4 Å². The molecule has 1 unspecified atom stereocenters. The normalized spacial score (nSPS) is 20.9. The van der Waals surface area contributed by atoms with Crippen molar-refractivity contribution in [2.24, 2.45) is 0 Å². The minimum Gasteiger partial charge on any atom is -0.383 e. The van der Waals surface area contributed by atoms with E-state index < -0.39 is 0 Å². The number of rotatable bonds is 3. The third-order valence-corrected chi connectivity index (χ3v) is 3.58. The molecule has 1 aromatic heterocycles. The maximum Gasteiger partial charge on any atom is 0.191 e. The SMILES string of the molecule is Nc1cc(N)nc(SCC2CCCCN2)n1. The van der Waals surface area contributed by atoms with Gasteiger partial charge in [0.2, 0.25) is 0 Å². The quantitative estimate of drug-likeness (QED) is 0.536. The Morgan fingerprint density at radius 3 is 2.69 bits per heavy atom. The summed E-state index contributed by atoms with van der Waals surface area (Å²) in [7, 11) is 0. The zero-order valence-corrected chi connectivity index (χ0v) is 9.96. The molecule has 16 heavy (non-hydrogen) atoms. The summed E-state index contributed by atoms with van der Waals surface area (Å²) in [5.74, 6) is 1.85. The number of hydrogen-bond donors (Lipinski definition) is 3. The van der Waals surface area contributed by atoms with Gasteiger partial charge in [-0.15, -0.1) is 0 Å². The Morgan fingerprint density at radius 2 is 2.06 bits per heavy atom. The molecule has 5 N–H and O–H groups in total. The number of nitrogens with one attached hydrogen (secondary N) is 1. The third kappa shape index (κ3) is 3.24. The van der Waals surface area contributed by atoms with Gasteiger partial charge in [-0.1, -0.05) is 18.2 Å². The second-order valence-corrected chi connectivity index (χ2v) is 4.95. The number of nitrogens with two attached hydrogens (primary N) is 2. The van der Waals surface area contributed by atoms with Crippen molar-refractivity contribution in [2.45, 2.75) is 30.5 Å². The fraction of sp³-hybridized carbons (Fsp3) is 0.600. The maximum atomic E-state index is 5.61. The summed E-state index contributed by atoms with van der Waals surface area (Å²) in [5.41, 5.74) is 11.2. The first-order valence-electron chi connectivity index (χ1n) is 5.50. The minimum atomic E-state index is 0.437. The number of hydrogen-bond acceptors (Lipinski definition) is 6. The minimum absolute atomic E-state index is 0.437. The molecule has 0 aliphatic carbocycles. The van der Waals surface area contributed by atoms with Crippen molar-refractivity contribution < 1.29 is 0 Å². The van der Waals surface area contributed by atoms with Crippen LogP contribution in [0.25, 0.3) is 0 Å². The van der Waals surface area contributed by atoms with Crippen LogP contribution in [0.2, 0.25) is 0 Å². The standard InChI is InChI=1S/C10H17N5S/c11-8-5-9(12)15-10(14-8)16-6-7-3-1-2-4-13-7/h5,7,13H,1-4,6H2,(H4,11,12,14,15). The van der Waals surface area contributed by atoms with Gasteiger partial charge < -0.3 is 16.8 Å². The van der Waals surface area contributed by atoms with Crippen LogP contribution in [0.5, 0.6) is 0 Å². The van der Waals surface area contributed by atoms with E-state index >= 15 is 0 Å². The van der Waals surface area contributed by atoms with Crippen LogP contribution in [-0.4, -0.2) is 28.3 Å². The summed E-state index contributed by atoms with van der Waals surface area (Å²) < 4.78 is 0. The Labute approximate surface area is 99.4 Å². The monoisotopic (exact) mass is 239 g/mol.